The first-order valence-electron chi connectivity index (χ1n) is 19.8. The van der Waals surface area contributed by atoms with Gasteiger partial charge in [0.1, 0.15) is 0 Å². The second kappa shape index (κ2) is 18.9. The predicted octanol–water partition coefficient (Wildman–Crippen LogP) is 12.6. The molecule has 10 nitrogen and oxygen atoms in total. The molecule has 8 heterocycles. The van der Waals surface area contributed by atoms with Crippen LogP contribution in [0.25, 0.3) is 76.8 Å². The minimum atomic E-state index is 0.343. The molecule has 4 aromatic carbocycles. The molecule has 0 aliphatic rings. The highest BCUT2D eigenvalue weighted by Crippen LogP contribution is 2.34. The maximum absolute atomic E-state index is 9.82. The van der Waals surface area contributed by atoms with Gasteiger partial charge in [0.2, 0.25) is 5.88 Å². The number of H-pyrrole nitrogens is 1. The summed E-state index contributed by atoms with van der Waals surface area (Å²) in [6, 6.07) is 47.1. The van der Waals surface area contributed by atoms with Crippen molar-refractivity contribution in [1.82, 2.24) is 39.0 Å². The molecule has 0 fully saturated rings. The van der Waals surface area contributed by atoms with Gasteiger partial charge in [-0.05, 0) is 119 Å². The van der Waals surface area contributed by atoms with Crippen molar-refractivity contribution in [3.8, 4) is 17.3 Å². The molecule has 0 atom stereocenters. The summed E-state index contributed by atoms with van der Waals surface area (Å²) < 4.78 is 11.6. The van der Waals surface area contributed by atoms with Gasteiger partial charge in [-0.25, -0.2) is 4.98 Å². The molecule has 306 valence electrons. The van der Waals surface area contributed by atoms with Gasteiger partial charge in [0.15, 0.2) is 0 Å². The Bertz CT molecular complexity index is 3240. The second-order valence-electron chi connectivity index (χ2n) is 14.3. The number of fused-ring (bicyclic) bond motifs is 9. The Morgan fingerprint density at radius 3 is 1.57 bits per heavy atom. The summed E-state index contributed by atoms with van der Waals surface area (Å²) in [7, 11) is 0. The number of nitrogens with zero attached hydrogens (tertiary/aromatic N) is 7. The normalized spacial score (nSPS) is 10.8. The van der Waals surface area contributed by atoms with Crippen molar-refractivity contribution < 1.29 is 9.53 Å². The Labute approximate surface area is 388 Å². The first-order chi connectivity index (χ1) is 31.0. The lowest BCUT2D eigenvalue weighted by molar-refractivity contribution is -0.120. The molecule has 12 rings (SSSR count). The van der Waals surface area contributed by atoms with Gasteiger partial charge in [0, 0.05) is 99.4 Å². The number of hydrogen-bond acceptors (Lipinski definition) is 7. The van der Waals surface area contributed by atoms with Crippen LogP contribution in [0, 0.1) is 14.1 Å². The lowest BCUT2D eigenvalue weighted by Gasteiger charge is -2.12. The summed E-state index contributed by atoms with van der Waals surface area (Å²) >= 11 is 4.60. The average molecular weight is 1050 g/mol. The Morgan fingerprint density at radius 2 is 1.00 bits per heavy atom. The second-order valence-corrected chi connectivity index (χ2v) is 16.7. The first-order valence-corrected chi connectivity index (χ1v) is 22.0. The molecule has 12 aromatic rings. The van der Waals surface area contributed by atoms with Crippen LogP contribution in [0.3, 0.4) is 0 Å². The number of benzene rings is 4. The van der Waals surface area contributed by atoms with E-state index in [1.54, 1.807) is 18.3 Å². The third-order valence-electron chi connectivity index (χ3n) is 10.3. The Morgan fingerprint density at radius 1 is 0.492 bits per heavy atom. The van der Waals surface area contributed by atoms with Crippen LogP contribution in [0.4, 0.5) is 0 Å². The molecule has 0 bridgehead atoms. The van der Waals surface area contributed by atoms with E-state index in [2.05, 4.69) is 192 Å². The van der Waals surface area contributed by atoms with Crippen molar-refractivity contribution in [2.45, 2.75) is 6.92 Å². The Kier molecular flexibility index (Phi) is 12.4. The molecule has 8 aromatic heterocycles. The highest BCUT2D eigenvalue weighted by atomic mass is 127. The molecule has 63 heavy (non-hydrogen) atoms. The number of aromatic amines is 1. The van der Waals surface area contributed by atoms with Crippen molar-refractivity contribution in [3.05, 3.63) is 202 Å². The zero-order valence-electron chi connectivity index (χ0n) is 33.7. The first kappa shape index (κ1) is 41.3. The average Bonchev–Trinajstić information content (AvgIpc) is 3.98. The van der Waals surface area contributed by atoms with Gasteiger partial charge in [0.25, 0.3) is 6.47 Å². The number of halogens is 2. The lowest BCUT2D eigenvalue weighted by atomic mass is 10.2. The molecule has 0 aliphatic carbocycles. The number of carbonyl (C=O) groups excluding carboxylic acids is 1. The molecule has 0 aliphatic heterocycles. The molecule has 0 saturated heterocycles. The number of ether oxygens (including phenoxy) is 1. The smallest absolute Gasteiger partial charge is 0.299 e. The Hall–Kier alpha value is -7.04. The van der Waals surface area contributed by atoms with Gasteiger partial charge in [-0.15, -0.1) is 0 Å². The van der Waals surface area contributed by atoms with Crippen molar-refractivity contribution in [2.75, 3.05) is 0 Å². The van der Waals surface area contributed by atoms with E-state index < -0.39 is 0 Å². The SMILES string of the molecule is Cc1cccc(OC=O)n1.Ic1cccc(I)c1.c1ccc2c(c1)[nH]c1ccncc12.c1ccc2c(c1)c1cnccc1n2-c1cncc(-n2c3ccccc3c3cnccc32)c1. The van der Waals surface area contributed by atoms with E-state index in [4.69, 9.17) is 0 Å². The van der Waals surface area contributed by atoms with Crippen LogP contribution < -0.4 is 4.74 Å². The summed E-state index contributed by atoms with van der Waals surface area (Å²) in [5, 5.41) is 7.07. The van der Waals surface area contributed by atoms with Crippen LogP contribution in [0.15, 0.2) is 189 Å². The molecule has 0 spiro atoms. The summed E-state index contributed by atoms with van der Waals surface area (Å²) in [5.74, 6) is 0.343. The third-order valence-corrected chi connectivity index (χ3v) is 11.6. The number of aryl methyl sites for hydroxylation is 1. The topological polar surface area (TPSA) is 116 Å². The van der Waals surface area contributed by atoms with E-state index in [1.165, 1.54) is 34.2 Å². The highest BCUT2D eigenvalue weighted by Gasteiger charge is 2.15. The standard InChI is InChI=1S/C27H17N5.C11H8N2.C7H7NO2.C6H4I2/c1-3-7-24-20(5-1)22-16-28-11-9-26(22)31(24)18-13-19(15-30-14-18)32-25-8-4-2-6-21(25)23-17-29-12-10-27(23)32;1-2-4-10-8(3-1)9-7-12-6-5-11(9)13-10;1-6-3-2-4-7(8-6)10-5-9;7-5-2-1-3-6(8)4-5/h1-17H;1-7,13H;2-5H,1H3;1-4H. The number of para-hydroxylation sites is 3. The summed E-state index contributed by atoms with van der Waals surface area (Å²) in [6.45, 7) is 2.19. The van der Waals surface area contributed by atoms with Gasteiger partial charge in [0.05, 0.1) is 45.8 Å². The number of nitrogens with one attached hydrogen (secondary N) is 1. The molecule has 1 N–H and O–H groups in total. The summed E-state index contributed by atoms with van der Waals surface area (Å²) in [6.07, 6.45) is 15.1. The van der Waals surface area contributed by atoms with Crippen molar-refractivity contribution in [2.24, 2.45) is 0 Å². The highest BCUT2D eigenvalue weighted by molar-refractivity contribution is 14.1. The van der Waals surface area contributed by atoms with E-state index >= 15 is 0 Å². The largest absolute Gasteiger partial charge is 0.410 e. The van der Waals surface area contributed by atoms with Crippen molar-refractivity contribution >= 4 is 117 Å². The van der Waals surface area contributed by atoms with Crippen LogP contribution >= 0.6 is 45.2 Å². The molecular weight excluding hydrogens is 1010 g/mol. The van der Waals surface area contributed by atoms with Gasteiger partial charge in [-0.1, -0.05) is 66.7 Å². The van der Waals surface area contributed by atoms with E-state index in [0.29, 0.717) is 12.4 Å². The maximum atomic E-state index is 9.82. The zero-order chi connectivity index (χ0) is 43.1. The monoisotopic (exact) mass is 1050 g/mol. The minimum Gasteiger partial charge on any atom is -0.410 e. The predicted molar refractivity (Wildman–Crippen MR) is 270 cm³/mol. The Balaban J connectivity index is 0.000000132. The summed E-state index contributed by atoms with van der Waals surface area (Å²) in [4.78, 5) is 34.6. The fourth-order valence-corrected chi connectivity index (χ4v) is 9.31. The van der Waals surface area contributed by atoms with E-state index in [-0.39, 0.29) is 0 Å². The van der Waals surface area contributed by atoms with Crippen molar-refractivity contribution in [1.29, 1.82) is 0 Å². The van der Waals surface area contributed by atoms with Crippen LogP contribution in [0.5, 0.6) is 5.88 Å². The molecule has 0 amide bonds. The molecule has 12 heteroatoms. The fourth-order valence-electron chi connectivity index (χ4n) is 7.63. The van der Waals surface area contributed by atoms with Gasteiger partial charge in [-0.3, -0.25) is 24.7 Å². The molecule has 0 saturated carbocycles. The zero-order valence-corrected chi connectivity index (χ0v) is 38.0. The minimum absolute atomic E-state index is 0.343. The fraction of sp³-hybridized carbons (Fsp3) is 0.0196. The van der Waals surface area contributed by atoms with E-state index in [1.807, 2.05) is 74.6 Å². The third kappa shape index (κ3) is 8.85. The van der Waals surface area contributed by atoms with Crippen LogP contribution in [0.1, 0.15) is 5.69 Å². The number of pyridine rings is 5. The number of aromatic nitrogens is 8. The van der Waals surface area contributed by atoms with Gasteiger partial charge in [-0.2, -0.15) is 0 Å². The number of rotatable bonds is 4. The quantitative estimate of drug-likeness (QED) is 0.138. The van der Waals surface area contributed by atoms with Crippen LogP contribution in [-0.2, 0) is 4.79 Å². The van der Waals surface area contributed by atoms with Crippen molar-refractivity contribution in [3.63, 3.8) is 0 Å². The maximum Gasteiger partial charge on any atom is 0.299 e. The molecule has 0 radical (unpaired) electrons. The lowest BCUT2D eigenvalue weighted by Crippen LogP contribution is -2.00. The number of hydrogen-bond donors (Lipinski definition) is 1. The summed E-state index contributed by atoms with van der Waals surface area (Å²) in [5.41, 5.74) is 9.70. The van der Waals surface area contributed by atoms with E-state index in [0.717, 1.165) is 55.4 Å². The van der Waals surface area contributed by atoms with E-state index in [9.17, 15) is 4.79 Å². The van der Waals surface area contributed by atoms with Gasteiger partial charge < -0.3 is 18.9 Å². The van der Waals surface area contributed by atoms with Crippen LogP contribution in [-0.4, -0.2) is 45.5 Å². The van der Waals surface area contributed by atoms with Crippen LogP contribution in [0.2, 0.25) is 0 Å². The van der Waals surface area contributed by atoms with Gasteiger partial charge >= 0.3 is 0 Å². The molecule has 0 unspecified atom stereocenters. The molecular formula is C51H36I2N8O2. The number of carbonyl (C=O) groups is 1.